The molecule has 21 heavy (non-hydrogen) atoms. The Morgan fingerprint density at radius 1 is 1.38 bits per heavy atom. The van der Waals surface area contributed by atoms with Crippen LogP contribution in [0.1, 0.15) is 11.3 Å². The number of nitrogens with zero attached hydrogens (tertiary/aromatic N) is 2. The predicted molar refractivity (Wildman–Crippen MR) is 75.7 cm³/mol. The van der Waals surface area contributed by atoms with E-state index in [1.54, 1.807) is 13.0 Å². The number of rotatable bonds is 1. The maximum Gasteiger partial charge on any atom is 0.282 e. The van der Waals surface area contributed by atoms with E-state index in [0.717, 1.165) is 0 Å². The number of nitrogens with two attached hydrogens (primary N) is 1. The number of nitrogen functional groups attached to an aromatic ring is 1. The minimum Gasteiger partial charge on any atom is -0.504 e. The zero-order valence-electron chi connectivity index (χ0n) is 11.0. The molecule has 1 aliphatic rings. The van der Waals surface area contributed by atoms with Gasteiger partial charge in [-0.2, -0.15) is 4.98 Å². The lowest BCUT2D eigenvalue weighted by atomic mass is 10.1. The van der Waals surface area contributed by atoms with Gasteiger partial charge in [-0.05, 0) is 30.7 Å². The lowest BCUT2D eigenvalue weighted by Gasteiger charge is -2.05. The Kier molecular flexibility index (Phi) is 2.76. The number of carbonyl (C=O) groups is 1. The minimum absolute atomic E-state index is 0.101. The minimum atomic E-state index is -0.515. The molecule has 0 bridgehead atoms. The Bertz CT molecular complexity index is 912. The van der Waals surface area contributed by atoms with E-state index >= 15 is 0 Å². The SMILES string of the molecule is Cc1cc2nc(=O)c(C=C3C=CC(=O)C(O)=C3)c(N)n2o1. The van der Waals surface area contributed by atoms with Gasteiger partial charge in [0.15, 0.2) is 17.2 Å². The van der Waals surface area contributed by atoms with Crippen LogP contribution >= 0.6 is 0 Å². The van der Waals surface area contributed by atoms with Crippen molar-refractivity contribution >= 4 is 23.3 Å². The van der Waals surface area contributed by atoms with Gasteiger partial charge in [-0.25, -0.2) is 0 Å². The lowest BCUT2D eigenvalue weighted by molar-refractivity contribution is -0.113. The van der Waals surface area contributed by atoms with Crippen molar-refractivity contribution < 1.29 is 14.4 Å². The summed E-state index contributed by atoms with van der Waals surface area (Å²) >= 11 is 0. The summed E-state index contributed by atoms with van der Waals surface area (Å²) in [5.41, 5.74) is 6.32. The highest BCUT2D eigenvalue weighted by Crippen LogP contribution is 2.18. The average molecular weight is 285 g/mol. The second-order valence-electron chi connectivity index (χ2n) is 4.59. The summed E-state index contributed by atoms with van der Waals surface area (Å²) in [5.74, 6) is -0.222. The van der Waals surface area contributed by atoms with E-state index < -0.39 is 17.1 Å². The van der Waals surface area contributed by atoms with Crippen molar-refractivity contribution in [2.45, 2.75) is 6.92 Å². The number of aliphatic hydroxyl groups excluding tert-OH is 1. The first-order valence-electron chi connectivity index (χ1n) is 6.09. The van der Waals surface area contributed by atoms with E-state index in [1.807, 2.05) is 0 Å². The van der Waals surface area contributed by atoms with E-state index in [4.69, 9.17) is 10.3 Å². The lowest BCUT2D eigenvalue weighted by Crippen LogP contribution is -2.16. The molecule has 0 aromatic carbocycles. The molecule has 0 radical (unpaired) electrons. The Morgan fingerprint density at radius 2 is 2.14 bits per heavy atom. The second-order valence-corrected chi connectivity index (χ2v) is 4.59. The fourth-order valence-corrected chi connectivity index (χ4v) is 2.02. The third kappa shape index (κ3) is 2.14. The zero-order valence-corrected chi connectivity index (χ0v) is 11.0. The van der Waals surface area contributed by atoms with Gasteiger partial charge in [-0.3, -0.25) is 9.59 Å². The second kappa shape index (κ2) is 4.48. The van der Waals surface area contributed by atoms with Crippen LogP contribution in [0.25, 0.3) is 11.7 Å². The molecule has 3 rings (SSSR count). The van der Waals surface area contributed by atoms with Gasteiger partial charge < -0.3 is 15.4 Å². The van der Waals surface area contributed by atoms with Crippen LogP contribution in [0.4, 0.5) is 5.82 Å². The van der Waals surface area contributed by atoms with Gasteiger partial charge in [0.25, 0.3) is 5.56 Å². The number of aromatic nitrogens is 2. The van der Waals surface area contributed by atoms with Gasteiger partial charge >= 0.3 is 0 Å². The maximum absolute atomic E-state index is 12.0. The van der Waals surface area contributed by atoms with Crippen LogP contribution < -0.4 is 11.3 Å². The third-order valence-corrected chi connectivity index (χ3v) is 3.01. The molecule has 0 spiro atoms. The molecule has 7 heteroatoms. The van der Waals surface area contributed by atoms with Crippen LogP contribution in [0.3, 0.4) is 0 Å². The largest absolute Gasteiger partial charge is 0.504 e. The summed E-state index contributed by atoms with van der Waals surface area (Å²) in [6, 6.07) is 1.60. The first-order chi connectivity index (χ1) is 9.95. The molecular weight excluding hydrogens is 274 g/mol. The Hall–Kier alpha value is -3.09. The molecule has 0 fully saturated rings. The predicted octanol–water partition coefficient (Wildman–Crippen LogP) is 1.14. The standard InChI is InChI=1S/C14H11N3O4/c1-7-4-12-16-14(20)9(13(15)17(12)21-7)5-8-2-3-10(18)11(19)6-8/h2-6,19H,15H2,1H3. The molecule has 7 nitrogen and oxygen atoms in total. The smallest absolute Gasteiger partial charge is 0.282 e. The molecule has 106 valence electrons. The number of aliphatic hydroxyl groups is 1. The number of allylic oxidation sites excluding steroid dienone is 4. The number of hydrogen-bond acceptors (Lipinski definition) is 6. The van der Waals surface area contributed by atoms with Crippen molar-refractivity contribution in [1.29, 1.82) is 0 Å². The van der Waals surface area contributed by atoms with E-state index in [1.165, 1.54) is 28.9 Å². The van der Waals surface area contributed by atoms with Crippen molar-refractivity contribution in [3.8, 4) is 0 Å². The van der Waals surface area contributed by atoms with E-state index in [2.05, 4.69) is 4.98 Å². The quantitative estimate of drug-likeness (QED) is 0.812. The van der Waals surface area contributed by atoms with Gasteiger partial charge in [0.2, 0.25) is 5.78 Å². The van der Waals surface area contributed by atoms with Gasteiger partial charge in [-0.15, -0.1) is 4.57 Å². The fraction of sp³-hybridized carbons (Fsp3) is 0.0714. The molecule has 2 aromatic rings. The van der Waals surface area contributed by atoms with Crippen molar-refractivity contribution in [2.24, 2.45) is 0 Å². The number of aryl methyl sites for hydroxylation is 1. The van der Waals surface area contributed by atoms with E-state index in [0.29, 0.717) is 17.0 Å². The van der Waals surface area contributed by atoms with Crippen LogP contribution in [0.5, 0.6) is 0 Å². The third-order valence-electron chi connectivity index (χ3n) is 3.01. The summed E-state index contributed by atoms with van der Waals surface area (Å²) in [7, 11) is 0. The Labute approximate surface area is 118 Å². The number of ketones is 1. The number of fused-ring (bicyclic) bond motifs is 1. The molecule has 0 saturated carbocycles. The van der Waals surface area contributed by atoms with E-state index in [9.17, 15) is 14.7 Å². The molecule has 1 aliphatic carbocycles. The summed E-state index contributed by atoms with van der Waals surface area (Å²) < 4.78 is 6.60. The number of carbonyl (C=O) groups excluding carboxylic acids is 1. The Balaban J connectivity index is 2.20. The highest BCUT2D eigenvalue weighted by atomic mass is 16.5. The zero-order chi connectivity index (χ0) is 15.1. The maximum atomic E-state index is 12.0. The molecule has 0 saturated heterocycles. The Morgan fingerprint density at radius 3 is 2.86 bits per heavy atom. The van der Waals surface area contributed by atoms with E-state index in [-0.39, 0.29) is 11.4 Å². The van der Waals surface area contributed by atoms with Gasteiger partial charge in [0.1, 0.15) is 5.76 Å². The molecule has 0 atom stereocenters. The molecule has 2 aromatic heterocycles. The van der Waals surface area contributed by atoms with Gasteiger partial charge in [0.05, 0.1) is 5.56 Å². The molecule has 0 unspecified atom stereocenters. The van der Waals surface area contributed by atoms with Crippen molar-refractivity contribution in [3.05, 3.63) is 57.3 Å². The van der Waals surface area contributed by atoms with Gasteiger partial charge in [0, 0.05) is 6.07 Å². The van der Waals surface area contributed by atoms with Crippen molar-refractivity contribution in [3.63, 3.8) is 0 Å². The summed E-state index contributed by atoms with van der Waals surface area (Å²) in [5, 5.41) is 9.41. The first-order valence-corrected chi connectivity index (χ1v) is 6.09. The van der Waals surface area contributed by atoms with Gasteiger partial charge in [-0.1, -0.05) is 6.08 Å². The molecular formula is C14H11N3O4. The highest BCUT2D eigenvalue weighted by Gasteiger charge is 2.14. The van der Waals surface area contributed by atoms with Crippen LogP contribution in [-0.2, 0) is 4.79 Å². The number of hydrogen-bond donors (Lipinski definition) is 2. The first kappa shape index (κ1) is 12.9. The molecule has 0 amide bonds. The topological polar surface area (TPSA) is 111 Å². The summed E-state index contributed by atoms with van der Waals surface area (Å²) in [4.78, 5) is 27.0. The number of anilines is 1. The van der Waals surface area contributed by atoms with Crippen molar-refractivity contribution in [1.82, 2.24) is 9.56 Å². The molecule has 0 aliphatic heterocycles. The van der Waals surface area contributed by atoms with Crippen molar-refractivity contribution in [2.75, 3.05) is 5.73 Å². The highest BCUT2D eigenvalue weighted by molar-refractivity contribution is 6.04. The molecule has 3 N–H and O–H groups in total. The van der Waals surface area contributed by atoms with Crippen LogP contribution in [0.15, 0.2) is 44.9 Å². The van der Waals surface area contributed by atoms with Crippen LogP contribution in [0, 0.1) is 6.92 Å². The van der Waals surface area contributed by atoms with Crippen LogP contribution in [-0.4, -0.2) is 20.4 Å². The normalized spacial score (nSPS) is 16.7. The van der Waals surface area contributed by atoms with Crippen LogP contribution in [0.2, 0.25) is 0 Å². The molecule has 2 heterocycles. The summed E-state index contributed by atoms with van der Waals surface area (Å²) in [6.45, 7) is 1.72. The monoisotopic (exact) mass is 285 g/mol. The summed E-state index contributed by atoms with van der Waals surface area (Å²) in [6.07, 6.45) is 5.37. The fourth-order valence-electron chi connectivity index (χ4n) is 2.02. The average Bonchev–Trinajstić information content (AvgIpc) is 2.79.